The van der Waals surface area contributed by atoms with Gasteiger partial charge in [0.15, 0.2) is 5.65 Å². The molecular weight excluding hydrogens is 547 g/mol. The lowest BCUT2D eigenvalue weighted by molar-refractivity contribution is -0.128. The zero-order valence-electron chi connectivity index (χ0n) is 20.8. The number of aryl methyl sites for hydroxylation is 1. The summed E-state index contributed by atoms with van der Waals surface area (Å²) in [5, 5.41) is 4.69. The number of carbonyl (C=O) groups is 1. The Hall–Kier alpha value is -3.34. The molecule has 5 rings (SSSR count). The van der Waals surface area contributed by atoms with Gasteiger partial charge in [0.2, 0.25) is 5.91 Å². The van der Waals surface area contributed by atoms with Gasteiger partial charge in [-0.05, 0) is 49.7 Å². The Morgan fingerprint density at radius 2 is 1.82 bits per heavy atom. The predicted molar refractivity (Wildman–Crippen MR) is 150 cm³/mol. The highest BCUT2D eigenvalue weighted by atomic mass is 35.5. The molecule has 1 N–H and O–H groups in total. The number of nitrogens with one attached hydrogen (secondary N) is 1. The molecule has 0 aliphatic carbocycles. The van der Waals surface area contributed by atoms with Gasteiger partial charge in [-0.2, -0.15) is 0 Å². The van der Waals surface area contributed by atoms with E-state index in [1.165, 1.54) is 16.5 Å². The lowest BCUT2D eigenvalue weighted by atomic mass is 10.2. The second kappa shape index (κ2) is 10.4. The van der Waals surface area contributed by atoms with Crippen molar-refractivity contribution in [2.45, 2.75) is 24.3 Å². The Balaban J connectivity index is 1.31. The van der Waals surface area contributed by atoms with E-state index in [1.807, 2.05) is 18.9 Å². The molecule has 0 unspecified atom stereocenters. The van der Waals surface area contributed by atoms with Gasteiger partial charge in [-0.25, -0.2) is 22.4 Å². The summed E-state index contributed by atoms with van der Waals surface area (Å²) in [5.74, 6) is 0.569. The third kappa shape index (κ3) is 5.16. The van der Waals surface area contributed by atoms with Gasteiger partial charge < -0.3 is 15.1 Å². The van der Waals surface area contributed by atoms with Crippen molar-refractivity contribution in [2.24, 2.45) is 0 Å². The van der Waals surface area contributed by atoms with Crippen LogP contribution in [0, 0.1) is 6.92 Å². The normalized spacial score (nSPS) is 15.7. The molecule has 2 aromatic heterocycles. The number of halogens is 2. The fraction of sp³-hybridized carbons (Fsp3) is 0.269. The highest BCUT2D eigenvalue weighted by molar-refractivity contribution is 7.90. The van der Waals surface area contributed by atoms with Crippen LogP contribution in [0.5, 0.6) is 0 Å². The minimum absolute atomic E-state index is 0.00900. The zero-order chi connectivity index (χ0) is 27.0. The van der Waals surface area contributed by atoms with Gasteiger partial charge in [-0.1, -0.05) is 40.9 Å². The van der Waals surface area contributed by atoms with Gasteiger partial charge in [-0.15, -0.1) is 0 Å². The Morgan fingerprint density at radius 1 is 1.11 bits per heavy atom. The molecule has 2 aromatic carbocycles. The van der Waals surface area contributed by atoms with E-state index in [4.69, 9.17) is 23.2 Å². The van der Waals surface area contributed by atoms with Crippen LogP contribution in [0.3, 0.4) is 0 Å². The summed E-state index contributed by atoms with van der Waals surface area (Å²) in [7, 11) is -1.92. The highest BCUT2D eigenvalue weighted by Gasteiger charge is 2.31. The number of carbonyl (C=O) groups excluding carboxylic acids is 1. The fourth-order valence-electron chi connectivity index (χ4n) is 4.62. The summed E-state index contributed by atoms with van der Waals surface area (Å²) in [4.78, 5) is 25.6. The van der Waals surface area contributed by atoms with Crippen molar-refractivity contribution in [2.75, 3.05) is 36.9 Å². The van der Waals surface area contributed by atoms with Crippen LogP contribution in [-0.2, 0) is 14.8 Å². The number of anilines is 2. The largest absolute Gasteiger partial charge is 0.376 e. The summed E-state index contributed by atoms with van der Waals surface area (Å²) in [6.45, 7) is 3.13. The van der Waals surface area contributed by atoms with Crippen LogP contribution in [0.15, 0.2) is 66.0 Å². The van der Waals surface area contributed by atoms with Gasteiger partial charge in [0.1, 0.15) is 12.1 Å². The van der Waals surface area contributed by atoms with Crippen molar-refractivity contribution < 1.29 is 13.2 Å². The first kappa shape index (κ1) is 26.3. The van der Waals surface area contributed by atoms with E-state index in [0.29, 0.717) is 45.7 Å². The minimum Gasteiger partial charge on any atom is -0.376 e. The molecule has 1 atom stereocenters. The van der Waals surface area contributed by atoms with Crippen molar-refractivity contribution in [1.82, 2.24) is 18.8 Å². The van der Waals surface area contributed by atoms with E-state index in [0.717, 1.165) is 12.0 Å². The summed E-state index contributed by atoms with van der Waals surface area (Å²) in [5.41, 5.74) is 1.95. The van der Waals surface area contributed by atoms with Gasteiger partial charge in [0.05, 0.1) is 16.8 Å². The molecule has 0 saturated carbocycles. The lowest BCUT2D eigenvalue weighted by Crippen LogP contribution is -2.39. The third-order valence-corrected chi connectivity index (χ3v) is 8.83. The zero-order valence-corrected chi connectivity index (χ0v) is 23.1. The van der Waals surface area contributed by atoms with Gasteiger partial charge in [0.25, 0.3) is 10.0 Å². The first-order valence-corrected chi connectivity index (χ1v) is 14.2. The monoisotopic (exact) mass is 572 g/mol. The maximum absolute atomic E-state index is 13.3. The quantitative estimate of drug-likeness (QED) is 0.349. The summed E-state index contributed by atoms with van der Waals surface area (Å²) in [6, 6.07) is 13.5. The van der Waals surface area contributed by atoms with Gasteiger partial charge in [0, 0.05) is 48.1 Å². The molecule has 12 heteroatoms. The van der Waals surface area contributed by atoms with Crippen LogP contribution in [0.25, 0.3) is 11.0 Å². The fourth-order valence-corrected chi connectivity index (χ4v) is 6.44. The number of benzene rings is 2. The van der Waals surface area contributed by atoms with E-state index in [1.54, 1.807) is 53.4 Å². The van der Waals surface area contributed by atoms with Crippen LogP contribution in [0.1, 0.15) is 12.0 Å². The summed E-state index contributed by atoms with van der Waals surface area (Å²) in [6.07, 6.45) is 3.62. The molecule has 9 nitrogen and oxygen atoms in total. The Kier molecular flexibility index (Phi) is 7.21. The van der Waals surface area contributed by atoms with Crippen LogP contribution >= 0.6 is 23.2 Å². The van der Waals surface area contributed by atoms with Crippen molar-refractivity contribution >= 4 is 61.7 Å². The lowest BCUT2D eigenvalue weighted by Gasteiger charge is -2.26. The van der Waals surface area contributed by atoms with Crippen LogP contribution < -0.4 is 10.2 Å². The Bertz CT molecular complexity index is 1590. The minimum atomic E-state index is -3.82. The molecule has 1 fully saturated rings. The van der Waals surface area contributed by atoms with E-state index in [2.05, 4.69) is 15.3 Å². The van der Waals surface area contributed by atoms with Crippen molar-refractivity contribution in [3.05, 3.63) is 76.7 Å². The number of nitrogens with zero attached hydrogens (tertiary/aromatic N) is 5. The number of likely N-dealkylation sites (N-methyl/N-ethyl adjacent to an activating group) is 1. The molecule has 1 saturated heterocycles. The van der Waals surface area contributed by atoms with Crippen molar-refractivity contribution in [3.63, 3.8) is 0 Å². The topological polar surface area (TPSA) is 100 Å². The molecular formula is C26H26Cl2N6O3S. The van der Waals surface area contributed by atoms with E-state index >= 15 is 0 Å². The van der Waals surface area contributed by atoms with Crippen LogP contribution in [-0.4, -0.2) is 65.9 Å². The molecule has 38 heavy (non-hydrogen) atoms. The number of aromatic nitrogens is 3. The number of hydrogen-bond acceptors (Lipinski definition) is 7. The molecule has 3 heterocycles. The van der Waals surface area contributed by atoms with Gasteiger partial charge in [-0.3, -0.25) is 4.79 Å². The maximum Gasteiger partial charge on any atom is 0.269 e. The van der Waals surface area contributed by atoms with E-state index < -0.39 is 10.0 Å². The summed E-state index contributed by atoms with van der Waals surface area (Å²) < 4.78 is 27.8. The smallest absolute Gasteiger partial charge is 0.269 e. The average Bonchev–Trinajstić information content (AvgIpc) is 3.55. The Morgan fingerprint density at radius 3 is 2.53 bits per heavy atom. The number of fused-ring (bicyclic) bond motifs is 1. The SMILES string of the molecule is Cc1ccc(S(=O)(=O)n2ccc3c(N(C)[C@@H]4CCN(C(=O)CNc5cc(Cl)cc(Cl)c5)C4)ncnc32)cc1. The molecule has 0 radical (unpaired) electrons. The molecule has 4 aromatic rings. The number of likely N-dealkylation sites (tertiary alicyclic amines) is 1. The average molecular weight is 574 g/mol. The maximum atomic E-state index is 13.3. The first-order valence-electron chi connectivity index (χ1n) is 12.0. The predicted octanol–water partition coefficient (Wildman–Crippen LogP) is 4.43. The summed E-state index contributed by atoms with van der Waals surface area (Å²) >= 11 is 12.1. The highest BCUT2D eigenvalue weighted by Crippen LogP contribution is 2.29. The molecule has 0 spiro atoms. The van der Waals surface area contributed by atoms with E-state index in [9.17, 15) is 13.2 Å². The molecule has 1 aliphatic heterocycles. The second-order valence-electron chi connectivity index (χ2n) is 9.27. The van der Waals surface area contributed by atoms with Crippen molar-refractivity contribution in [3.8, 4) is 0 Å². The molecule has 1 amide bonds. The molecule has 198 valence electrons. The van der Waals surface area contributed by atoms with Crippen LogP contribution in [0.4, 0.5) is 11.5 Å². The first-order chi connectivity index (χ1) is 18.1. The molecule has 0 bridgehead atoms. The van der Waals surface area contributed by atoms with Crippen molar-refractivity contribution in [1.29, 1.82) is 0 Å². The number of hydrogen-bond donors (Lipinski definition) is 1. The number of amides is 1. The second-order valence-corrected chi connectivity index (χ2v) is 12.0. The Labute approximate surface area is 231 Å². The van der Waals surface area contributed by atoms with Gasteiger partial charge >= 0.3 is 0 Å². The number of rotatable bonds is 7. The van der Waals surface area contributed by atoms with E-state index in [-0.39, 0.29) is 23.4 Å². The van der Waals surface area contributed by atoms with Crippen LogP contribution in [0.2, 0.25) is 10.0 Å². The standard InChI is InChI=1S/C26H26Cl2N6O3S/c1-17-3-5-22(6-4-17)38(36,37)34-10-8-23-25(30-16-31-26(23)34)32(2)21-7-9-33(15-21)24(35)14-29-20-12-18(27)11-19(28)13-20/h3-6,8,10-13,16,21,29H,7,9,14-15H2,1-2H3/t21-/m1/s1. The molecule has 1 aliphatic rings. The third-order valence-electron chi connectivity index (χ3n) is 6.71.